The second-order valence-corrected chi connectivity index (χ2v) is 3.98. The van der Waals surface area contributed by atoms with Crippen LogP contribution in [0, 0.1) is 6.92 Å². The molecule has 4 nitrogen and oxygen atoms in total. The van der Waals surface area contributed by atoms with Gasteiger partial charge in [0.15, 0.2) is 0 Å². The summed E-state index contributed by atoms with van der Waals surface area (Å²) in [6.07, 6.45) is 0. The van der Waals surface area contributed by atoms with Crippen LogP contribution in [0.2, 0.25) is 0 Å². The van der Waals surface area contributed by atoms with E-state index in [9.17, 15) is 13.6 Å². The fourth-order valence-electron chi connectivity index (χ4n) is 1.20. The van der Waals surface area contributed by atoms with E-state index in [2.05, 4.69) is 4.74 Å². The number of benzene rings is 1. The van der Waals surface area contributed by atoms with E-state index in [4.69, 9.17) is 0 Å². The Morgan fingerprint density at radius 1 is 1.53 bits per heavy atom. The molecule has 0 aliphatic heterocycles. The van der Waals surface area contributed by atoms with E-state index < -0.39 is 17.0 Å². The first-order chi connectivity index (χ1) is 7.04. The first kappa shape index (κ1) is 11.9. The molecule has 0 fully saturated rings. The number of hydrogen-bond donors (Lipinski definition) is 0. The molecule has 1 atom stereocenters. The number of hydrogen-bond acceptors (Lipinski definition) is 4. The second kappa shape index (κ2) is 5.04. The second-order valence-electron chi connectivity index (χ2n) is 3.08. The number of carbonyl (C=O) groups excluding carboxylic acids is 1. The van der Waals surface area contributed by atoms with E-state index in [0.717, 1.165) is 5.56 Å². The van der Waals surface area contributed by atoms with Crippen LogP contribution >= 0.6 is 0 Å². The number of aryl methyl sites for hydroxylation is 1. The van der Waals surface area contributed by atoms with Crippen LogP contribution in [0.1, 0.15) is 21.5 Å². The van der Waals surface area contributed by atoms with Gasteiger partial charge in [0.25, 0.3) is 0 Å². The Kier molecular flexibility index (Phi) is 3.99. The zero-order valence-electron chi connectivity index (χ0n) is 8.48. The standard InChI is InChI=1S/C10H12O4S/c1-7-3-4-8(10(11)14-2)5-9(7)6-15(12)13/h3-5H,6H2,1-2H3,(H,12,13)/p-1. The minimum Gasteiger partial charge on any atom is -0.772 e. The van der Waals surface area contributed by atoms with Crippen molar-refractivity contribution >= 4 is 17.0 Å². The molecule has 1 aromatic carbocycles. The average Bonchev–Trinajstić information content (AvgIpc) is 2.19. The molecule has 5 heteroatoms. The van der Waals surface area contributed by atoms with Crippen molar-refractivity contribution in [2.75, 3.05) is 7.11 Å². The predicted molar refractivity (Wildman–Crippen MR) is 55.1 cm³/mol. The third-order valence-electron chi connectivity index (χ3n) is 2.04. The van der Waals surface area contributed by atoms with E-state index in [-0.39, 0.29) is 5.75 Å². The van der Waals surface area contributed by atoms with Gasteiger partial charge < -0.3 is 9.29 Å². The molecule has 0 saturated heterocycles. The van der Waals surface area contributed by atoms with E-state index in [1.54, 1.807) is 19.1 Å². The average molecular weight is 227 g/mol. The van der Waals surface area contributed by atoms with Gasteiger partial charge in [0.2, 0.25) is 0 Å². The highest BCUT2D eigenvalue weighted by Crippen LogP contribution is 2.13. The van der Waals surface area contributed by atoms with Gasteiger partial charge in [-0.05, 0) is 30.2 Å². The van der Waals surface area contributed by atoms with Crippen LogP contribution in [0.25, 0.3) is 0 Å². The first-order valence-electron chi connectivity index (χ1n) is 4.28. The molecule has 15 heavy (non-hydrogen) atoms. The lowest BCUT2D eigenvalue weighted by Crippen LogP contribution is -2.04. The van der Waals surface area contributed by atoms with Gasteiger partial charge in [0, 0.05) is 5.75 Å². The summed E-state index contributed by atoms with van der Waals surface area (Å²) >= 11 is -2.15. The summed E-state index contributed by atoms with van der Waals surface area (Å²) in [7, 11) is 1.29. The Morgan fingerprint density at radius 3 is 2.73 bits per heavy atom. The maximum atomic E-state index is 11.2. The molecule has 0 aliphatic carbocycles. The molecule has 1 aromatic rings. The Morgan fingerprint density at radius 2 is 2.20 bits per heavy atom. The Hall–Kier alpha value is -1.20. The molecule has 0 bridgehead atoms. The van der Waals surface area contributed by atoms with Crippen LogP contribution in [0.15, 0.2) is 18.2 Å². The van der Waals surface area contributed by atoms with E-state index >= 15 is 0 Å². The maximum Gasteiger partial charge on any atom is 0.337 e. The van der Waals surface area contributed by atoms with Crippen LogP contribution in [0.3, 0.4) is 0 Å². The highest BCUT2D eigenvalue weighted by Gasteiger charge is 2.07. The lowest BCUT2D eigenvalue weighted by atomic mass is 10.1. The van der Waals surface area contributed by atoms with Gasteiger partial charge >= 0.3 is 5.97 Å². The van der Waals surface area contributed by atoms with E-state index in [1.165, 1.54) is 13.2 Å². The zero-order valence-corrected chi connectivity index (χ0v) is 9.30. The van der Waals surface area contributed by atoms with Crippen molar-refractivity contribution in [3.63, 3.8) is 0 Å². The van der Waals surface area contributed by atoms with Crippen molar-refractivity contribution in [2.45, 2.75) is 12.7 Å². The molecule has 0 spiro atoms. The van der Waals surface area contributed by atoms with Crippen LogP contribution < -0.4 is 0 Å². The topological polar surface area (TPSA) is 66.4 Å². The maximum absolute atomic E-state index is 11.2. The molecule has 0 aromatic heterocycles. The van der Waals surface area contributed by atoms with Crippen molar-refractivity contribution in [3.8, 4) is 0 Å². The summed E-state index contributed by atoms with van der Waals surface area (Å²) in [5.74, 6) is -0.552. The van der Waals surface area contributed by atoms with Gasteiger partial charge in [0.1, 0.15) is 0 Å². The van der Waals surface area contributed by atoms with Gasteiger partial charge in [0.05, 0.1) is 12.7 Å². The van der Waals surface area contributed by atoms with Gasteiger partial charge in [-0.2, -0.15) is 0 Å². The minimum atomic E-state index is -2.15. The lowest BCUT2D eigenvalue weighted by molar-refractivity contribution is 0.0600. The van der Waals surface area contributed by atoms with Crippen molar-refractivity contribution in [2.24, 2.45) is 0 Å². The van der Waals surface area contributed by atoms with Crippen molar-refractivity contribution in [3.05, 3.63) is 34.9 Å². The smallest absolute Gasteiger partial charge is 0.337 e. The molecule has 1 unspecified atom stereocenters. The van der Waals surface area contributed by atoms with Gasteiger partial charge in [-0.15, -0.1) is 0 Å². The Balaban J connectivity index is 3.05. The predicted octanol–water partition coefficient (Wildman–Crippen LogP) is 1.16. The summed E-state index contributed by atoms with van der Waals surface area (Å²) in [6.45, 7) is 1.79. The quantitative estimate of drug-likeness (QED) is 0.574. The summed E-state index contributed by atoms with van der Waals surface area (Å²) in [6, 6.07) is 4.85. The molecule has 0 N–H and O–H groups in total. The van der Waals surface area contributed by atoms with E-state index in [0.29, 0.717) is 11.1 Å². The minimum absolute atomic E-state index is 0.0866. The van der Waals surface area contributed by atoms with Crippen LogP contribution in [-0.2, 0) is 21.6 Å². The third kappa shape index (κ3) is 3.14. The Labute approximate surface area is 90.5 Å². The molecule has 0 amide bonds. The Bertz CT molecular complexity index is 400. The largest absolute Gasteiger partial charge is 0.772 e. The number of ether oxygens (including phenoxy) is 1. The van der Waals surface area contributed by atoms with Gasteiger partial charge in [-0.25, -0.2) is 4.79 Å². The number of methoxy groups -OCH3 is 1. The highest BCUT2D eigenvalue weighted by atomic mass is 32.2. The molecule has 1 rings (SSSR count). The highest BCUT2D eigenvalue weighted by molar-refractivity contribution is 7.78. The lowest BCUT2D eigenvalue weighted by Gasteiger charge is -2.09. The SMILES string of the molecule is COC(=O)c1ccc(C)c(CS(=O)[O-])c1. The van der Waals surface area contributed by atoms with Crippen LogP contribution in [0.5, 0.6) is 0 Å². The fourth-order valence-corrected chi connectivity index (χ4v) is 1.76. The fraction of sp³-hybridized carbons (Fsp3) is 0.300. The van der Waals surface area contributed by atoms with Crippen molar-refractivity contribution < 1.29 is 18.3 Å². The van der Waals surface area contributed by atoms with Crippen LogP contribution in [-0.4, -0.2) is 21.8 Å². The first-order valence-corrected chi connectivity index (χ1v) is 5.52. The molecule has 0 radical (unpaired) electrons. The summed E-state index contributed by atoms with van der Waals surface area (Å²) < 4.78 is 25.7. The number of carbonyl (C=O) groups is 1. The van der Waals surface area contributed by atoms with Gasteiger partial charge in [-0.3, -0.25) is 4.21 Å². The van der Waals surface area contributed by atoms with Crippen molar-refractivity contribution in [1.29, 1.82) is 0 Å². The molecule has 82 valence electrons. The molecular weight excluding hydrogens is 216 g/mol. The normalized spacial score (nSPS) is 12.2. The molecule has 0 heterocycles. The molecular formula is C10H11O4S-. The molecule has 0 aliphatic rings. The third-order valence-corrected chi connectivity index (χ3v) is 2.59. The number of rotatable bonds is 3. The van der Waals surface area contributed by atoms with Crippen molar-refractivity contribution in [1.82, 2.24) is 0 Å². The summed E-state index contributed by atoms with van der Waals surface area (Å²) in [5.41, 5.74) is 1.82. The summed E-state index contributed by atoms with van der Waals surface area (Å²) in [5, 5.41) is 0. The van der Waals surface area contributed by atoms with Crippen LogP contribution in [0.4, 0.5) is 0 Å². The monoisotopic (exact) mass is 227 g/mol. The molecule has 0 saturated carbocycles. The van der Waals surface area contributed by atoms with Gasteiger partial charge in [-0.1, -0.05) is 17.1 Å². The van der Waals surface area contributed by atoms with E-state index in [1.807, 2.05) is 0 Å². The number of esters is 1. The zero-order chi connectivity index (χ0) is 11.4. The summed E-state index contributed by atoms with van der Waals surface area (Å²) in [4.78, 5) is 11.2.